The lowest BCUT2D eigenvalue weighted by atomic mass is 10.0. The predicted molar refractivity (Wildman–Crippen MR) is 126 cm³/mol. The normalized spacial score (nSPS) is 17.0. The van der Waals surface area contributed by atoms with Gasteiger partial charge in [-0.3, -0.25) is 9.59 Å². The molecule has 0 spiro atoms. The van der Waals surface area contributed by atoms with Crippen LogP contribution in [0, 0.1) is 5.92 Å². The zero-order valence-electron chi connectivity index (χ0n) is 18.2. The van der Waals surface area contributed by atoms with E-state index in [1.54, 1.807) is 6.92 Å². The van der Waals surface area contributed by atoms with Crippen molar-refractivity contribution in [2.45, 2.75) is 113 Å². The fraction of sp³-hybridized carbons (Fsp3) is 0.913. The minimum atomic E-state index is -0.942. The molecule has 4 nitrogen and oxygen atoms in total. The summed E-state index contributed by atoms with van der Waals surface area (Å²) in [4.78, 5) is 21.9. The minimum absolute atomic E-state index is 0.257. The molecule has 2 atom stereocenters. The molecule has 0 aromatic carbocycles. The molecule has 1 aliphatic carbocycles. The van der Waals surface area contributed by atoms with Crippen LogP contribution in [-0.4, -0.2) is 39.5 Å². The number of esters is 1. The Bertz CT molecular complexity index is 441. The quantitative estimate of drug-likeness (QED) is 0.135. The first-order valence-corrected chi connectivity index (χ1v) is 13.6. The van der Waals surface area contributed by atoms with Crippen LogP contribution in [-0.2, 0) is 14.3 Å². The van der Waals surface area contributed by atoms with Crippen molar-refractivity contribution < 1.29 is 19.4 Å². The van der Waals surface area contributed by atoms with Gasteiger partial charge in [0.05, 0.1) is 12.5 Å². The Kier molecular flexibility index (Phi) is 16.1. The summed E-state index contributed by atoms with van der Waals surface area (Å²) in [5, 5.41) is 9.81. The number of carbonyl (C=O) groups excluding carboxylic acids is 1. The summed E-state index contributed by atoms with van der Waals surface area (Å²) in [6.07, 6.45) is 18.8. The summed E-state index contributed by atoms with van der Waals surface area (Å²) in [5.41, 5.74) is 0. The molecule has 0 radical (unpaired) electrons. The van der Waals surface area contributed by atoms with Crippen LogP contribution in [0.4, 0.5) is 0 Å². The van der Waals surface area contributed by atoms with Gasteiger partial charge in [0.1, 0.15) is 4.83 Å². The Hall–Kier alpha value is -0.230. The van der Waals surface area contributed by atoms with Crippen molar-refractivity contribution in [3.05, 3.63) is 0 Å². The van der Waals surface area contributed by atoms with Gasteiger partial charge in [-0.2, -0.15) is 11.8 Å². The van der Waals surface area contributed by atoms with E-state index in [4.69, 9.17) is 9.84 Å². The first kappa shape index (κ1) is 26.8. The van der Waals surface area contributed by atoms with Crippen LogP contribution in [0.5, 0.6) is 0 Å². The summed E-state index contributed by atoms with van der Waals surface area (Å²) in [6, 6.07) is 0. The third-order valence-electron chi connectivity index (χ3n) is 5.67. The van der Waals surface area contributed by atoms with Crippen molar-refractivity contribution in [1.29, 1.82) is 0 Å². The second-order valence-electron chi connectivity index (χ2n) is 8.42. The number of unbranched alkanes of at least 4 members (excludes halogenated alkanes) is 8. The van der Waals surface area contributed by atoms with E-state index >= 15 is 0 Å². The number of halogens is 1. The molecular weight excluding hydrogens is 452 g/mol. The Morgan fingerprint density at radius 2 is 1.52 bits per heavy atom. The highest BCUT2D eigenvalue weighted by atomic mass is 79.9. The summed E-state index contributed by atoms with van der Waals surface area (Å²) < 4.78 is 5.26. The van der Waals surface area contributed by atoms with E-state index in [2.05, 4.69) is 27.7 Å². The molecule has 1 rings (SSSR count). The largest absolute Gasteiger partial charge is 0.480 e. The molecule has 6 heteroatoms. The standard InChI is InChI=1S/C23H41BrO4S/c1-19(18-21(24)22(25)26)23(27)28-16-12-7-5-3-2-4-6-8-13-17-29-20-14-10-9-11-15-20/h19-21H,2-18H2,1H3,(H,25,26). The third kappa shape index (κ3) is 14.4. The molecule has 0 aromatic heterocycles. The molecule has 2 unspecified atom stereocenters. The maximum absolute atomic E-state index is 11.8. The molecule has 0 aliphatic heterocycles. The Morgan fingerprint density at radius 1 is 0.966 bits per heavy atom. The van der Waals surface area contributed by atoms with Gasteiger partial charge >= 0.3 is 11.9 Å². The third-order valence-corrected chi connectivity index (χ3v) is 7.90. The number of hydrogen-bond donors (Lipinski definition) is 1. The molecule has 0 heterocycles. The number of hydrogen-bond acceptors (Lipinski definition) is 4. The topological polar surface area (TPSA) is 63.6 Å². The van der Waals surface area contributed by atoms with Crippen molar-refractivity contribution >= 4 is 39.6 Å². The van der Waals surface area contributed by atoms with E-state index in [1.165, 1.54) is 82.8 Å². The van der Waals surface area contributed by atoms with Crippen molar-refractivity contribution in [3.8, 4) is 0 Å². The van der Waals surface area contributed by atoms with Crippen LogP contribution >= 0.6 is 27.7 Å². The fourth-order valence-corrected chi connectivity index (χ4v) is 5.68. The smallest absolute Gasteiger partial charge is 0.317 e. The van der Waals surface area contributed by atoms with Crippen LogP contribution < -0.4 is 0 Å². The zero-order valence-corrected chi connectivity index (χ0v) is 20.6. The molecule has 1 fully saturated rings. The van der Waals surface area contributed by atoms with Gasteiger partial charge in [0.25, 0.3) is 0 Å². The maximum atomic E-state index is 11.8. The van der Waals surface area contributed by atoms with Crippen LogP contribution in [0.25, 0.3) is 0 Å². The summed E-state index contributed by atoms with van der Waals surface area (Å²) in [6.45, 7) is 2.16. The molecule has 0 aromatic rings. The summed E-state index contributed by atoms with van der Waals surface area (Å²) >= 11 is 5.28. The summed E-state index contributed by atoms with van der Waals surface area (Å²) in [5.74, 6) is -0.272. The molecule has 0 saturated heterocycles. The molecule has 1 aliphatic rings. The van der Waals surface area contributed by atoms with Gasteiger partial charge < -0.3 is 9.84 Å². The van der Waals surface area contributed by atoms with E-state index in [1.807, 2.05) is 0 Å². The number of rotatable bonds is 17. The number of carboxylic acid groups (broad SMARTS) is 1. The SMILES string of the molecule is CC(CC(Br)C(=O)O)C(=O)OCCCCCCCCCCCSC1CCCCC1. The first-order chi connectivity index (χ1) is 14.0. The monoisotopic (exact) mass is 492 g/mol. The minimum Gasteiger partial charge on any atom is -0.480 e. The van der Waals surface area contributed by atoms with Gasteiger partial charge in [-0.05, 0) is 37.9 Å². The van der Waals surface area contributed by atoms with Crippen LogP contribution in [0.1, 0.15) is 103 Å². The van der Waals surface area contributed by atoms with Crippen molar-refractivity contribution in [3.63, 3.8) is 0 Å². The fourth-order valence-electron chi connectivity index (χ4n) is 3.75. The number of aliphatic carboxylic acids is 1. The highest BCUT2D eigenvalue weighted by Crippen LogP contribution is 2.28. The second kappa shape index (κ2) is 17.5. The predicted octanol–water partition coefficient (Wildman–Crippen LogP) is 6.98. The lowest BCUT2D eigenvalue weighted by molar-refractivity contribution is -0.148. The number of alkyl halides is 1. The van der Waals surface area contributed by atoms with E-state index in [9.17, 15) is 9.59 Å². The molecule has 0 bridgehead atoms. The Labute approximate surface area is 190 Å². The number of thioether (sulfide) groups is 1. The zero-order chi connectivity index (χ0) is 21.3. The summed E-state index contributed by atoms with van der Waals surface area (Å²) in [7, 11) is 0. The average molecular weight is 494 g/mol. The molecule has 29 heavy (non-hydrogen) atoms. The van der Waals surface area contributed by atoms with E-state index < -0.39 is 16.7 Å². The lowest BCUT2D eigenvalue weighted by Crippen LogP contribution is -2.22. The van der Waals surface area contributed by atoms with Crippen LogP contribution in [0.15, 0.2) is 0 Å². The average Bonchev–Trinajstić information content (AvgIpc) is 2.71. The van der Waals surface area contributed by atoms with E-state index in [-0.39, 0.29) is 12.4 Å². The van der Waals surface area contributed by atoms with Gasteiger partial charge in [-0.1, -0.05) is 87.1 Å². The number of carboxylic acids is 1. The first-order valence-electron chi connectivity index (χ1n) is 11.7. The van der Waals surface area contributed by atoms with Gasteiger partial charge in [0.2, 0.25) is 0 Å². The van der Waals surface area contributed by atoms with Crippen molar-refractivity contribution in [2.75, 3.05) is 12.4 Å². The van der Waals surface area contributed by atoms with Gasteiger partial charge in [0.15, 0.2) is 0 Å². The number of carbonyl (C=O) groups is 2. The van der Waals surface area contributed by atoms with Crippen LogP contribution in [0.2, 0.25) is 0 Å². The number of ether oxygens (including phenoxy) is 1. The molecule has 1 N–H and O–H groups in total. The Morgan fingerprint density at radius 3 is 2.10 bits per heavy atom. The van der Waals surface area contributed by atoms with E-state index in [0.29, 0.717) is 6.61 Å². The molecule has 0 amide bonds. The highest BCUT2D eigenvalue weighted by Gasteiger charge is 2.22. The molecule has 1 saturated carbocycles. The van der Waals surface area contributed by atoms with Crippen molar-refractivity contribution in [2.24, 2.45) is 5.92 Å². The van der Waals surface area contributed by atoms with Gasteiger partial charge in [0, 0.05) is 5.25 Å². The molecular formula is C23H41BrO4S. The van der Waals surface area contributed by atoms with Gasteiger partial charge in [-0.15, -0.1) is 0 Å². The highest BCUT2D eigenvalue weighted by molar-refractivity contribution is 9.10. The second-order valence-corrected chi connectivity index (χ2v) is 10.9. The van der Waals surface area contributed by atoms with E-state index in [0.717, 1.165) is 18.1 Å². The molecule has 170 valence electrons. The lowest BCUT2D eigenvalue weighted by Gasteiger charge is -2.20. The van der Waals surface area contributed by atoms with Gasteiger partial charge in [-0.25, -0.2) is 0 Å². The Balaban J connectivity index is 1.81. The van der Waals surface area contributed by atoms with Crippen molar-refractivity contribution in [1.82, 2.24) is 0 Å². The maximum Gasteiger partial charge on any atom is 0.317 e. The van der Waals surface area contributed by atoms with Crippen LogP contribution in [0.3, 0.4) is 0 Å².